The average molecular weight is 330 g/mol. The third-order valence-corrected chi connectivity index (χ3v) is 3.35. The molecule has 6 nitrogen and oxygen atoms in total. The standard InChI is InChI=1S/C18H22N2O4/c1-12(2)9-14-7-8-20(19-14)15-6-5-13(3)16(10-15)24-17(11-23-4)18(21)22/h5-8,10-12H,9H2,1-4H3,(H,21,22)/b17-11-. The van der Waals surface area contributed by atoms with Crippen LogP contribution in [0, 0.1) is 12.8 Å². The summed E-state index contributed by atoms with van der Waals surface area (Å²) < 4.78 is 12.0. The molecule has 1 N–H and O–H groups in total. The molecule has 0 aliphatic heterocycles. The molecule has 0 spiro atoms. The number of rotatable bonds is 7. The first-order valence-corrected chi connectivity index (χ1v) is 7.70. The summed E-state index contributed by atoms with van der Waals surface area (Å²) in [6, 6.07) is 7.51. The van der Waals surface area contributed by atoms with Crippen LogP contribution in [0.15, 0.2) is 42.5 Å². The maximum atomic E-state index is 11.2. The van der Waals surface area contributed by atoms with Crippen molar-refractivity contribution >= 4 is 5.97 Å². The summed E-state index contributed by atoms with van der Waals surface area (Å²) in [7, 11) is 1.37. The third-order valence-electron chi connectivity index (χ3n) is 3.35. The van der Waals surface area contributed by atoms with Gasteiger partial charge in [-0.2, -0.15) is 5.10 Å². The number of hydrogen-bond acceptors (Lipinski definition) is 4. The van der Waals surface area contributed by atoms with Crippen LogP contribution in [-0.2, 0) is 16.0 Å². The normalized spacial score (nSPS) is 11.6. The quantitative estimate of drug-likeness (QED) is 0.622. The molecule has 1 heterocycles. The Balaban J connectivity index is 2.29. The summed E-state index contributed by atoms with van der Waals surface area (Å²) in [5.41, 5.74) is 2.63. The predicted octanol–water partition coefficient (Wildman–Crippen LogP) is 3.33. The summed E-state index contributed by atoms with van der Waals surface area (Å²) in [6.07, 6.45) is 3.85. The van der Waals surface area contributed by atoms with Gasteiger partial charge < -0.3 is 14.6 Å². The van der Waals surface area contributed by atoms with E-state index < -0.39 is 5.97 Å². The number of aliphatic carboxylic acids is 1. The van der Waals surface area contributed by atoms with Crippen LogP contribution in [0.3, 0.4) is 0 Å². The Labute approximate surface area is 141 Å². The molecule has 0 bridgehead atoms. The zero-order valence-electron chi connectivity index (χ0n) is 14.3. The molecule has 0 aliphatic rings. The van der Waals surface area contributed by atoms with Gasteiger partial charge in [0.1, 0.15) is 12.0 Å². The number of ether oxygens (including phenoxy) is 2. The molecule has 0 saturated heterocycles. The summed E-state index contributed by atoms with van der Waals surface area (Å²) in [5, 5.41) is 13.7. The zero-order valence-corrected chi connectivity index (χ0v) is 14.3. The highest BCUT2D eigenvalue weighted by Gasteiger charge is 2.13. The van der Waals surface area contributed by atoms with Crippen LogP contribution in [0.4, 0.5) is 0 Å². The lowest BCUT2D eigenvalue weighted by Crippen LogP contribution is -2.09. The maximum Gasteiger partial charge on any atom is 0.375 e. The van der Waals surface area contributed by atoms with Gasteiger partial charge >= 0.3 is 5.97 Å². The Bertz CT molecular complexity index is 747. The van der Waals surface area contributed by atoms with Crippen molar-refractivity contribution < 1.29 is 19.4 Å². The van der Waals surface area contributed by atoms with Gasteiger partial charge in [0.05, 0.1) is 18.5 Å². The number of hydrogen-bond donors (Lipinski definition) is 1. The van der Waals surface area contributed by atoms with Gasteiger partial charge in [-0.25, -0.2) is 9.48 Å². The first-order chi connectivity index (χ1) is 11.4. The molecule has 0 radical (unpaired) electrons. The van der Waals surface area contributed by atoms with Gasteiger partial charge in [-0.15, -0.1) is 0 Å². The van der Waals surface area contributed by atoms with Crippen LogP contribution >= 0.6 is 0 Å². The molecule has 0 atom stereocenters. The molecule has 1 aromatic carbocycles. The highest BCUT2D eigenvalue weighted by molar-refractivity contribution is 5.84. The van der Waals surface area contributed by atoms with E-state index in [4.69, 9.17) is 14.6 Å². The second kappa shape index (κ2) is 7.68. The topological polar surface area (TPSA) is 73.6 Å². The molecule has 0 saturated carbocycles. The number of aryl methyl sites for hydroxylation is 1. The molecule has 0 amide bonds. The van der Waals surface area contributed by atoms with Crippen LogP contribution in [-0.4, -0.2) is 28.0 Å². The highest BCUT2D eigenvalue weighted by atomic mass is 16.5. The van der Waals surface area contributed by atoms with Gasteiger partial charge in [0.25, 0.3) is 0 Å². The van der Waals surface area contributed by atoms with Crippen molar-refractivity contribution in [3.63, 3.8) is 0 Å². The van der Waals surface area contributed by atoms with Crippen molar-refractivity contribution in [2.75, 3.05) is 7.11 Å². The van der Waals surface area contributed by atoms with Gasteiger partial charge in [-0.1, -0.05) is 19.9 Å². The van der Waals surface area contributed by atoms with Crippen LogP contribution in [0.25, 0.3) is 5.69 Å². The van der Waals surface area contributed by atoms with E-state index in [-0.39, 0.29) is 5.76 Å². The molecular formula is C18H22N2O4. The lowest BCUT2D eigenvalue weighted by molar-refractivity contribution is -0.135. The summed E-state index contributed by atoms with van der Waals surface area (Å²) in [6.45, 7) is 6.14. The number of nitrogens with zero attached hydrogens (tertiary/aromatic N) is 2. The first kappa shape index (κ1) is 17.6. The van der Waals surface area contributed by atoms with Crippen molar-refractivity contribution in [1.29, 1.82) is 0 Å². The molecule has 2 aromatic rings. The number of methoxy groups -OCH3 is 1. The van der Waals surface area contributed by atoms with Gasteiger partial charge in [0, 0.05) is 12.3 Å². The van der Waals surface area contributed by atoms with Crippen LogP contribution in [0.1, 0.15) is 25.1 Å². The zero-order chi connectivity index (χ0) is 17.7. The smallest absolute Gasteiger partial charge is 0.375 e. The predicted molar refractivity (Wildman–Crippen MR) is 90.2 cm³/mol. The Morgan fingerprint density at radius 1 is 1.38 bits per heavy atom. The van der Waals surface area contributed by atoms with E-state index in [0.717, 1.165) is 29.6 Å². The lowest BCUT2D eigenvalue weighted by Gasteiger charge is -2.11. The maximum absolute atomic E-state index is 11.2. The molecule has 0 fully saturated rings. The first-order valence-electron chi connectivity index (χ1n) is 7.70. The number of carboxylic acids is 1. The number of carboxylic acid groups (broad SMARTS) is 1. The average Bonchev–Trinajstić information content (AvgIpc) is 2.96. The van der Waals surface area contributed by atoms with Crippen LogP contribution in [0.2, 0.25) is 0 Å². The Hall–Kier alpha value is -2.76. The monoisotopic (exact) mass is 330 g/mol. The molecule has 0 unspecified atom stereocenters. The largest absolute Gasteiger partial charge is 0.500 e. The fourth-order valence-corrected chi connectivity index (χ4v) is 2.22. The molecule has 2 rings (SSSR count). The third kappa shape index (κ3) is 4.38. The molecule has 1 aromatic heterocycles. The highest BCUT2D eigenvalue weighted by Crippen LogP contribution is 2.24. The fraction of sp³-hybridized carbons (Fsp3) is 0.333. The second-order valence-corrected chi connectivity index (χ2v) is 5.92. The number of benzene rings is 1. The van der Waals surface area contributed by atoms with Crippen molar-refractivity contribution in [1.82, 2.24) is 9.78 Å². The SMILES string of the molecule is CO/C=C(\Oc1cc(-n2ccc(CC(C)C)n2)ccc1C)C(=O)O. The summed E-state index contributed by atoms with van der Waals surface area (Å²) in [4.78, 5) is 11.2. The van der Waals surface area contributed by atoms with Crippen molar-refractivity contribution in [3.05, 3.63) is 53.7 Å². The van der Waals surface area contributed by atoms with Crippen LogP contribution in [0.5, 0.6) is 5.75 Å². The summed E-state index contributed by atoms with van der Waals surface area (Å²) >= 11 is 0. The molecule has 128 valence electrons. The lowest BCUT2D eigenvalue weighted by atomic mass is 10.1. The van der Waals surface area contributed by atoms with Crippen molar-refractivity contribution in [3.8, 4) is 11.4 Å². The molecular weight excluding hydrogens is 308 g/mol. The van der Waals surface area contributed by atoms with E-state index >= 15 is 0 Å². The van der Waals surface area contributed by atoms with Gasteiger partial charge in [0.2, 0.25) is 5.76 Å². The minimum atomic E-state index is -1.19. The minimum Gasteiger partial charge on any atom is -0.500 e. The van der Waals surface area contributed by atoms with E-state index in [9.17, 15) is 4.79 Å². The molecule has 24 heavy (non-hydrogen) atoms. The number of aromatic nitrogens is 2. The van der Waals surface area contributed by atoms with E-state index in [1.165, 1.54) is 7.11 Å². The fourth-order valence-electron chi connectivity index (χ4n) is 2.22. The van der Waals surface area contributed by atoms with Crippen LogP contribution < -0.4 is 4.74 Å². The molecule has 6 heteroatoms. The van der Waals surface area contributed by atoms with E-state index in [1.807, 2.05) is 31.3 Å². The minimum absolute atomic E-state index is 0.279. The van der Waals surface area contributed by atoms with E-state index in [2.05, 4.69) is 18.9 Å². The Kier molecular flexibility index (Phi) is 5.63. The molecule has 0 aliphatic carbocycles. The van der Waals surface area contributed by atoms with Crippen molar-refractivity contribution in [2.24, 2.45) is 5.92 Å². The van der Waals surface area contributed by atoms with E-state index in [0.29, 0.717) is 11.7 Å². The van der Waals surface area contributed by atoms with Gasteiger partial charge in [-0.05, 0) is 37.0 Å². The number of carbonyl (C=O) groups is 1. The van der Waals surface area contributed by atoms with Gasteiger partial charge in [0.15, 0.2) is 0 Å². The second-order valence-electron chi connectivity index (χ2n) is 5.92. The van der Waals surface area contributed by atoms with Crippen molar-refractivity contribution in [2.45, 2.75) is 27.2 Å². The Morgan fingerprint density at radius 2 is 2.12 bits per heavy atom. The van der Waals surface area contributed by atoms with E-state index in [1.54, 1.807) is 10.7 Å². The summed E-state index contributed by atoms with van der Waals surface area (Å²) in [5.74, 6) is -0.500. The van der Waals surface area contributed by atoms with Gasteiger partial charge in [-0.3, -0.25) is 0 Å². The Morgan fingerprint density at radius 3 is 2.75 bits per heavy atom.